The number of rotatable bonds is 7. The predicted molar refractivity (Wildman–Crippen MR) is 80.1 cm³/mol. The molecule has 0 saturated heterocycles. The highest BCUT2D eigenvalue weighted by Gasteiger charge is 2.04. The van der Waals surface area contributed by atoms with Gasteiger partial charge in [0.05, 0.1) is 6.10 Å². The summed E-state index contributed by atoms with van der Waals surface area (Å²) in [4.78, 5) is 11.4. The van der Waals surface area contributed by atoms with Crippen molar-refractivity contribution in [1.82, 2.24) is 10.6 Å². The lowest BCUT2D eigenvalue weighted by Crippen LogP contribution is -2.37. The lowest BCUT2D eigenvalue weighted by atomic mass is 10.1. The first-order valence-corrected chi connectivity index (χ1v) is 7.42. The molecule has 1 aromatic carbocycles. The van der Waals surface area contributed by atoms with Crippen LogP contribution in [0, 0.1) is 5.82 Å². The van der Waals surface area contributed by atoms with E-state index in [0.29, 0.717) is 37.9 Å². The second-order valence-electron chi connectivity index (χ2n) is 4.66. The van der Waals surface area contributed by atoms with Crippen molar-refractivity contribution in [3.8, 4) is 0 Å². The molecule has 1 rings (SSSR count). The molecule has 0 radical (unpaired) electrons. The molecule has 0 heterocycles. The SMILES string of the molecule is CC(O)CCNC(=O)NCCCc1ccc(Br)cc1F. The van der Waals surface area contributed by atoms with Crippen LogP contribution in [0.25, 0.3) is 0 Å². The largest absolute Gasteiger partial charge is 0.393 e. The van der Waals surface area contributed by atoms with Gasteiger partial charge in [0.1, 0.15) is 5.82 Å². The average molecular weight is 347 g/mol. The van der Waals surface area contributed by atoms with E-state index in [1.165, 1.54) is 6.07 Å². The minimum atomic E-state index is -0.421. The fourth-order valence-electron chi connectivity index (χ4n) is 1.66. The third-order valence-electron chi connectivity index (χ3n) is 2.77. The summed E-state index contributed by atoms with van der Waals surface area (Å²) in [7, 11) is 0. The lowest BCUT2D eigenvalue weighted by Gasteiger charge is -2.09. The molecule has 20 heavy (non-hydrogen) atoms. The molecule has 0 aliphatic carbocycles. The van der Waals surface area contributed by atoms with Crippen LogP contribution in [0.5, 0.6) is 0 Å². The first-order valence-electron chi connectivity index (χ1n) is 6.62. The number of carbonyl (C=O) groups is 1. The molecule has 112 valence electrons. The number of benzene rings is 1. The summed E-state index contributed by atoms with van der Waals surface area (Å²) in [5.74, 6) is -0.235. The van der Waals surface area contributed by atoms with E-state index in [2.05, 4.69) is 26.6 Å². The molecule has 1 atom stereocenters. The molecule has 0 aliphatic heterocycles. The standard InChI is InChI=1S/C14H20BrFN2O2/c1-10(19)6-8-18-14(20)17-7-2-3-11-4-5-12(15)9-13(11)16/h4-5,9-10,19H,2-3,6-8H2,1H3,(H2,17,18,20). The van der Waals surface area contributed by atoms with Crippen LogP contribution in [-0.4, -0.2) is 30.3 Å². The number of hydrogen-bond acceptors (Lipinski definition) is 2. The van der Waals surface area contributed by atoms with Crippen LogP contribution in [-0.2, 0) is 6.42 Å². The molecule has 0 aliphatic rings. The van der Waals surface area contributed by atoms with Gasteiger partial charge in [-0.3, -0.25) is 0 Å². The number of hydrogen-bond donors (Lipinski definition) is 3. The lowest BCUT2D eigenvalue weighted by molar-refractivity contribution is 0.183. The van der Waals surface area contributed by atoms with Crippen LogP contribution in [0.4, 0.5) is 9.18 Å². The minimum Gasteiger partial charge on any atom is -0.393 e. The molecular weight excluding hydrogens is 327 g/mol. The molecule has 0 spiro atoms. The molecule has 3 N–H and O–H groups in total. The van der Waals surface area contributed by atoms with Gasteiger partial charge in [0, 0.05) is 17.6 Å². The van der Waals surface area contributed by atoms with Gasteiger partial charge in [0.15, 0.2) is 0 Å². The maximum atomic E-state index is 13.5. The average Bonchev–Trinajstić information content (AvgIpc) is 2.36. The van der Waals surface area contributed by atoms with Crippen molar-refractivity contribution in [1.29, 1.82) is 0 Å². The van der Waals surface area contributed by atoms with Crippen molar-refractivity contribution in [2.24, 2.45) is 0 Å². The fraction of sp³-hybridized carbons (Fsp3) is 0.500. The third kappa shape index (κ3) is 6.86. The van der Waals surface area contributed by atoms with E-state index >= 15 is 0 Å². The monoisotopic (exact) mass is 346 g/mol. The summed E-state index contributed by atoms with van der Waals surface area (Å²) in [6, 6.07) is 4.71. The topological polar surface area (TPSA) is 61.4 Å². The van der Waals surface area contributed by atoms with Crippen molar-refractivity contribution in [3.63, 3.8) is 0 Å². The Labute approximate surface area is 126 Å². The Hall–Kier alpha value is -1.14. The summed E-state index contributed by atoms with van der Waals surface area (Å²) in [5.41, 5.74) is 0.643. The Morgan fingerprint density at radius 3 is 2.75 bits per heavy atom. The number of carbonyl (C=O) groups excluding carboxylic acids is 1. The summed E-state index contributed by atoms with van der Waals surface area (Å²) < 4.78 is 14.2. The highest BCUT2D eigenvalue weighted by Crippen LogP contribution is 2.16. The Kier molecular flexibility index (Phi) is 7.54. The molecule has 1 unspecified atom stereocenters. The van der Waals surface area contributed by atoms with Gasteiger partial charge in [0.25, 0.3) is 0 Å². The van der Waals surface area contributed by atoms with Crippen LogP contribution in [0.1, 0.15) is 25.3 Å². The van der Waals surface area contributed by atoms with Crippen LogP contribution in [0.2, 0.25) is 0 Å². The summed E-state index contributed by atoms with van der Waals surface area (Å²) in [6.07, 6.45) is 1.35. The molecule has 1 aromatic rings. The van der Waals surface area contributed by atoms with Crippen molar-refractivity contribution < 1.29 is 14.3 Å². The van der Waals surface area contributed by atoms with Crippen molar-refractivity contribution in [3.05, 3.63) is 34.1 Å². The molecule has 0 fully saturated rings. The molecule has 4 nitrogen and oxygen atoms in total. The zero-order valence-corrected chi connectivity index (χ0v) is 13.0. The van der Waals surface area contributed by atoms with Gasteiger partial charge in [-0.1, -0.05) is 22.0 Å². The van der Waals surface area contributed by atoms with Crippen LogP contribution in [0.3, 0.4) is 0 Å². The van der Waals surface area contributed by atoms with Crippen molar-refractivity contribution in [2.75, 3.05) is 13.1 Å². The quantitative estimate of drug-likeness (QED) is 0.664. The number of nitrogens with one attached hydrogen (secondary N) is 2. The number of aliphatic hydroxyl groups excluding tert-OH is 1. The fourth-order valence-corrected chi connectivity index (χ4v) is 2.00. The van der Waals surface area contributed by atoms with E-state index in [9.17, 15) is 9.18 Å². The molecular formula is C14H20BrFN2O2. The van der Waals surface area contributed by atoms with E-state index in [1.807, 2.05) is 0 Å². The first-order chi connectivity index (χ1) is 9.49. The van der Waals surface area contributed by atoms with E-state index in [1.54, 1.807) is 19.1 Å². The number of aliphatic hydroxyl groups is 1. The summed E-state index contributed by atoms with van der Waals surface area (Å²) in [5, 5.41) is 14.4. The van der Waals surface area contributed by atoms with Gasteiger partial charge < -0.3 is 15.7 Å². The minimum absolute atomic E-state index is 0.235. The number of halogens is 2. The molecule has 0 aromatic heterocycles. The first kappa shape index (κ1) is 16.9. The number of urea groups is 1. The smallest absolute Gasteiger partial charge is 0.314 e. The maximum absolute atomic E-state index is 13.5. The normalized spacial score (nSPS) is 12.0. The third-order valence-corrected chi connectivity index (χ3v) is 3.26. The van der Waals surface area contributed by atoms with E-state index in [0.717, 1.165) is 4.47 Å². The Bertz CT molecular complexity index is 441. The predicted octanol–water partition coefficient (Wildman–Crippen LogP) is 2.59. The van der Waals surface area contributed by atoms with E-state index < -0.39 is 6.10 Å². The zero-order chi connectivity index (χ0) is 15.0. The van der Waals surface area contributed by atoms with Crippen LogP contribution in [0.15, 0.2) is 22.7 Å². The summed E-state index contributed by atoms with van der Waals surface area (Å²) in [6.45, 7) is 2.59. The zero-order valence-electron chi connectivity index (χ0n) is 11.5. The number of aryl methyl sites for hydroxylation is 1. The Morgan fingerprint density at radius 1 is 1.40 bits per heavy atom. The highest BCUT2D eigenvalue weighted by molar-refractivity contribution is 9.10. The van der Waals surface area contributed by atoms with E-state index in [4.69, 9.17) is 5.11 Å². The van der Waals surface area contributed by atoms with Gasteiger partial charge in [-0.2, -0.15) is 0 Å². The maximum Gasteiger partial charge on any atom is 0.314 e. The van der Waals surface area contributed by atoms with Gasteiger partial charge in [-0.05, 0) is 43.9 Å². The Balaban J connectivity index is 2.16. The van der Waals surface area contributed by atoms with Gasteiger partial charge >= 0.3 is 6.03 Å². The number of amides is 2. The summed E-state index contributed by atoms with van der Waals surface area (Å²) >= 11 is 3.21. The second kappa shape index (κ2) is 8.92. The van der Waals surface area contributed by atoms with Crippen LogP contribution < -0.4 is 10.6 Å². The highest BCUT2D eigenvalue weighted by atomic mass is 79.9. The van der Waals surface area contributed by atoms with Crippen molar-refractivity contribution in [2.45, 2.75) is 32.3 Å². The molecule has 2 amide bonds. The van der Waals surface area contributed by atoms with Gasteiger partial charge in [-0.25, -0.2) is 9.18 Å². The molecule has 0 saturated carbocycles. The molecule has 6 heteroatoms. The Morgan fingerprint density at radius 2 is 2.10 bits per heavy atom. The molecule has 0 bridgehead atoms. The second-order valence-corrected chi connectivity index (χ2v) is 5.58. The van der Waals surface area contributed by atoms with Crippen LogP contribution >= 0.6 is 15.9 Å². The van der Waals surface area contributed by atoms with Gasteiger partial charge in [0.2, 0.25) is 0 Å². The van der Waals surface area contributed by atoms with Gasteiger partial charge in [-0.15, -0.1) is 0 Å². The van der Waals surface area contributed by atoms with E-state index in [-0.39, 0.29) is 11.8 Å². The van der Waals surface area contributed by atoms with Crippen molar-refractivity contribution >= 4 is 22.0 Å².